The summed E-state index contributed by atoms with van der Waals surface area (Å²) in [5.74, 6) is 0.378. The van der Waals surface area contributed by atoms with Crippen molar-refractivity contribution >= 4 is 5.78 Å². The van der Waals surface area contributed by atoms with Gasteiger partial charge in [-0.1, -0.05) is 6.92 Å². The quantitative estimate of drug-likeness (QED) is 0.769. The Bertz CT molecular complexity index is 441. The number of methoxy groups -OCH3 is 1. The molecule has 0 saturated carbocycles. The molecule has 5 heteroatoms. The van der Waals surface area contributed by atoms with E-state index in [0.717, 1.165) is 12.1 Å². The Labute approximate surface area is 107 Å². The number of carbonyl (C=O) groups is 1. The molecule has 0 bridgehead atoms. The van der Waals surface area contributed by atoms with E-state index in [1.165, 1.54) is 6.92 Å². The lowest BCUT2D eigenvalue weighted by atomic mass is 10.1. The Morgan fingerprint density at radius 1 is 1.67 bits per heavy atom. The topological polar surface area (TPSA) is 53.4 Å². The van der Waals surface area contributed by atoms with Crippen LogP contribution in [-0.2, 0) is 9.47 Å². The van der Waals surface area contributed by atoms with Crippen molar-refractivity contribution in [1.29, 1.82) is 0 Å². The summed E-state index contributed by atoms with van der Waals surface area (Å²) < 4.78 is 13.0. The molecular formula is C13H20N2O3. The SMILES string of the molecule is COCC1CC(C)C(n2cnc(C(C)=O)c2C)O1. The second kappa shape index (κ2) is 5.20. The third-order valence-corrected chi connectivity index (χ3v) is 3.45. The van der Waals surface area contributed by atoms with Gasteiger partial charge in [-0.15, -0.1) is 0 Å². The standard InChI is InChI=1S/C13H20N2O3/c1-8-5-11(6-17-4)18-13(8)15-7-14-12(9(15)2)10(3)16/h7-8,11,13H,5-6H2,1-4H3. The van der Waals surface area contributed by atoms with E-state index >= 15 is 0 Å². The molecule has 1 aromatic rings. The minimum absolute atomic E-state index is 0.00894. The van der Waals surface area contributed by atoms with Gasteiger partial charge in [-0.05, 0) is 13.3 Å². The fourth-order valence-corrected chi connectivity index (χ4v) is 2.58. The first-order valence-corrected chi connectivity index (χ1v) is 6.23. The van der Waals surface area contributed by atoms with Gasteiger partial charge in [0.2, 0.25) is 0 Å². The monoisotopic (exact) mass is 252 g/mol. The van der Waals surface area contributed by atoms with Crippen LogP contribution in [0.3, 0.4) is 0 Å². The molecule has 1 aromatic heterocycles. The molecule has 0 N–H and O–H groups in total. The molecular weight excluding hydrogens is 232 g/mol. The second-order valence-corrected chi connectivity index (χ2v) is 4.96. The highest BCUT2D eigenvalue weighted by Gasteiger charge is 2.34. The van der Waals surface area contributed by atoms with Gasteiger partial charge in [0.1, 0.15) is 11.9 Å². The van der Waals surface area contributed by atoms with Gasteiger partial charge < -0.3 is 14.0 Å². The zero-order chi connectivity index (χ0) is 13.3. The second-order valence-electron chi connectivity index (χ2n) is 4.96. The summed E-state index contributed by atoms with van der Waals surface area (Å²) in [4.78, 5) is 15.6. The normalized spacial score (nSPS) is 27.7. The molecule has 0 amide bonds. The van der Waals surface area contributed by atoms with Gasteiger partial charge >= 0.3 is 0 Å². The maximum Gasteiger partial charge on any atom is 0.179 e. The van der Waals surface area contributed by atoms with Crippen LogP contribution in [0.25, 0.3) is 0 Å². The molecule has 0 aliphatic carbocycles. The minimum Gasteiger partial charge on any atom is -0.382 e. The largest absolute Gasteiger partial charge is 0.382 e. The van der Waals surface area contributed by atoms with Crippen molar-refractivity contribution in [2.45, 2.75) is 39.5 Å². The number of imidazole rings is 1. The third kappa shape index (κ3) is 2.33. The van der Waals surface area contributed by atoms with Crippen LogP contribution in [0, 0.1) is 12.8 Å². The summed E-state index contributed by atoms with van der Waals surface area (Å²) in [7, 11) is 1.68. The van der Waals surface area contributed by atoms with Gasteiger partial charge in [-0.2, -0.15) is 0 Å². The maximum atomic E-state index is 11.4. The first kappa shape index (κ1) is 13.2. The Morgan fingerprint density at radius 2 is 2.39 bits per heavy atom. The van der Waals surface area contributed by atoms with Gasteiger partial charge in [0.25, 0.3) is 0 Å². The summed E-state index contributed by atoms with van der Waals surface area (Å²) in [5.41, 5.74) is 1.40. The molecule has 1 saturated heterocycles. The van der Waals surface area contributed by atoms with Crippen LogP contribution >= 0.6 is 0 Å². The Balaban J connectivity index is 2.19. The van der Waals surface area contributed by atoms with Crippen molar-refractivity contribution in [3.8, 4) is 0 Å². The van der Waals surface area contributed by atoms with Gasteiger partial charge in [-0.25, -0.2) is 4.98 Å². The van der Waals surface area contributed by atoms with Crippen LogP contribution in [0.5, 0.6) is 0 Å². The van der Waals surface area contributed by atoms with E-state index in [4.69, 9.17) is 9.47 Å². The fourth-order valence-electron chi connectivity index (χ4n) is 2.58. The number of hydrogen-bond acceptors (Lipinski definition) is 4. The van der Waals surface area contributed by atoms with E-state index in [0.29, 0.717) is 18.2 Å². The van der Waals surface area contributed by atoms with Gasteiger partial charge in [0.05, 0.1) is 19.0 Å². The zero-order valence-electron chi connectivity index (χ0n) is 11.3. The van der Waals surface area contributed by atoms with Crippen LogP contribution in [0.1, 0.15) is 42.7 Å². The van der Waals surface area contributed by atoms with E-state index in [-0.39, 0.29) is 18.1 Å². The number of aromatic nitrogens is 2. The molecule has 18 heavy (non-hydrogen) atoms. The minimum atomic E-state index is -0.0502. The number of hydrogen-bond donors (Lipinski definition) is 0. The van der Waals surface area contributed by atoms with Crippen LogP contribution in [-0.4, -0.2) is 35.2 Å². The highest BCUT2D eigenvalue weighted by atomic mass is 16.5. The van der Waals surface area contributed by atoms with Crippen molar-refractivity contribution in [2.75, 3.05) is 13.7 Å². The van der Waals surface area contributed by atoms with E-state index in [1.54, 1.807) is 13.4 Å². The summed E-state index contributed by atoms with van der Waals surface area (Å²) in [6.07, 6.45) is 2.73. The Kier molecular flexibility index (Phi) is 3.82. The van der Waals surface area contributed by atoms with Gasteiger partial charge in [0, 0.05) is 25.6 Å². The number of rotatable bonds is 4. The Hall–Kier alpha value is -1.20. The molecule has 3 atom stereocenters. The summed E-state index contributed by atoms with van der Waals surface area (Å²) >= 11 is 0. The number of nitrogens with zero attached hydrogens (tertiary/aromatic N) is 2. The molecule has 1 aliphatic heterocycles. The molecule has 0 aromatic carbocycles. The molecule has 5 nitrogen and oxygen atoms in total. The molecule has 3 unspecified atom stereocenters. The summed E-state index contributed by atoms with van der Waals surface area (Å²) in [6, 6.07) is 0. The number of carbonyl (C=O) groups excluding carboxylic acids is 1. The van der Waals surface area contributed by atoms with E-state index in [1.807, 2.05) is 11.5 Å². The Morgan fingerprint density at radius 3 is 2.94 bits per heavy atom. The van der Waals surface area contributed by atoms with Crippen molar-refractivity contribution in [3.05, 3.63) is 17.7 Å². The third-order valence-electron chi connectivity index (χ3n) is 3.45. The lowest BCUT2D eigenvalue weighted by Gasteiger charge is -2.18. The van der Waals surface area contributed by atoms with Crippen molar-refractivity contribution in [3.63, 3.8) is 0 Å². The average Bonchev–Trinajstić information content (AvgIpc) is 2.83. The fraction of sp³-hybridized carbons (Fsp3) is 0.692. The van der Waals surface area contributed by atoms with Crippen LogP contribution < -0.4 is 0 Å². The van der Waals surface area contributed by atoms with Crippen molar-refractivity contribution in [2.24, 2.45) is 5.92 Å². The smallest absolute Gasteiger partial charge is 0.179 e. The summed E-state index contributed by atoms with van der Waals surface area (Å²) in [6.45, 7) is 6.19. The highest BCUT2D eigenvalue weighted by molar-refractivity contribution is 5.93. The zero-order valence-corrected chi connectivity index (χ0v) is 11.3. The van der Waals surface area contributed by atoms with Gasteiger partial charge in [-0.3, -0.25) is 4.79 Å². The van der Waals surface area contributed by atoms with Gasteiger partial charge in [0.15, 0.2) is 5.78 Å². The predicted molar refractivity (Wildman–Crippen MR) is 66.5 cm³/mol. The van der Waals surface area contributed by atoms with E-state index < -0.39 is 0 Å². The molecule has 0 spiro atoms. The molecule has 2 rings (SSSR count). The predicted octanol–water partition coefficient (Wildman–Crippen LogP) is 1.96. The lowest BCUT2D eigenvalue weighted by Crippen LogP contribution is -2.17. The molecule has 100 valence electrons. The van der Waals surface area contributed by atoms with E-state index in [2.05, 4.69) is 11.9 Å². The first-order valence-electron chi connectivity index (χ1n) is 6.23. The molecule has 2 heterocycles. The molecule has 1 aliphatic rings. The first-order chi connectivity index (χ1) is 8.54. The van der Waals surface area contributed by atoms with Crippen LogP contribution in [0.2, 0.25) is 0 Å². The van der Waals surface area contributed by atoms with Crippen LogP contribution in [0.4, 0.5) is 0 Å². The van der Waals surface area contributed by atoms with Crippen molar-refractivity contribution in [1.82, 2.24) is 9.55 Å². The molecule has 0 radical (unpaired) electrons. The molecule has 1 fully saturated rings. The number of ketones is 1. The van der Waals surface area contributed by atoms with E-state index in [9.17, 15) is 4.79 Å². The average molecular weight is 252 g/mol. The van der Waals surface area contributed by atoms with Crippen LogP contribution in [0.15, 0.2) is 6.33 Å². The number of ether oxygens (including phenoxy) is 2. The number of Topliss-reactive ketones (excluding diaryl/α,β-unsaturated/α-hetero) is 1. The maximum absolute atomic E-state index is 11.4. The highest BCUT2D eigenvalue weighted by Crippen LogP contribution is 2.35. The van der Waals surface area contributed by atoms with Crippen molar-refractivity contribution < 1.29 is 14.3 Å². The lowest BCUT2D eigenvalue weighted by molar-refractivity contribution is -0.0400. The summed E-state index contributed by atoms with van der Waals surface area (Å²) in [5, 5.41) is 0.